The molecule has 0 aromatic heterocycles. The van der Waals surface area contributed by atoms with Gasteiger partial charge < -0.3 is 0 Å². The number of fused-ring (bicyclic) bond motifs is 1. The number of hydrogen-bond acceptors (Lipinski definition) is 1. The third kappa shape index (κ3) is 1.17. The second kappa shape index (κ2) is 2.88. The molecular formula is C9H11NSe. The van der Waals surface area contributed by atoms with E-state index in [1.54, 1.807) is 4.46 Å². The molecule has 1 aliphatic rings. The van der Waals surface area contributed by atoms with Crippen LogP contribution in [0.25, 0.3) is 0 Å². The zero-order chi connectivity index (χ0) is 7.68. The van der Waals surface area contributed by atoms with Gasteiger partial charge in [0.25, 0.3) is 0 Å². The van der Waals surface area contributed by atoms with Crippen LogP contribution in [0.4, 0.5) is 5.69 Å². The third-order valence-corrected chi connectivity index (χ3v) is 4.27. The zero-order valence-electron chi connectivity index (χ0n) is 6.58. The molecule has 0 saturated heterocycles. The van der Waals surface area contributed by atoms with Gasteiger partial charge >= 0.3 is 73.2 Å². The Morgan fingerprint density at radius 3 is 3.09 bits per heavy atom. The average Bonchev–Trinajstić information content (AvgIpc) is 2.47. The van der Waals surface area contributed by atoms with Gasteiger partial charge in [0.15, 0.2) is 0 Å². The molecule has 0 spiro atoms. The SMILES string of the molecule is CCN1C[Se]c2ccccc21. The molecule has 1 aromatic carbocycles. The van der Waals surface area contributed by atoms with E-state index in [2.05, 4.69) is 36.1 Å². The van der Waals surface area contributed by atoms with E-state index in [0.29, 0.717) is 15.0 Å². The normalized spacial score (nSPS) is 15.2. The predicted octanol–water partition coefficient (Wildman–Crippen LogP) is 0.813. The van der Waals surface area contributed by atoms with Crippen molar-refractivity contribution in [2.45, 2.75) is 6.92 Å². The number of nitrogens with zero attached hydrogens (tertiary/aromatic N) is 1. The second-order valence-electron chi connectivity index (χ2n) is 2.60. The number of para-hydroxylation sites is 1. The summed E-state index contributed by atoms with van der Waals surface area (Å²) >= 11 is 0.701. The molecule has 0 N–H and O–H groups in total. The first kappa shape index (κ1) is 7.20. The molecule has 0 saturated carbocycles. The standard InChI is InChI=1S/C9H11NSe/c1-2-10-7-11-9-6-4-3-5-8(9)10/h3-6H,2,7H2,1H3. The van der Waals surface area contributed by atoms with Crippen LogP contribution in [-0.2, 0) is 0 Å². The Labute approximate surface area is 73.6 Å². The Morgan fingerprint density at radius 2 is 2.27 bits per heavy atom. The Bertz CT molecular complexity index is 259. The molecule has 1 nitrogen and oxygen atoms in total. The fourth-order valence-corrected chi connectivity index (χ4v) is 3.70. The topological polar surface area (TPSA) is 3.24 Å². The van der Waals surface area contributed by atoms with E-state index in [1.165, 1.54) is 11.1 Å². The van der Waals surface area contributed by atoms with Crippen molar-refractivity contribution < 1.29 is 0 Å². The minimum atomic E-state index is 0.701. The second-order valence-corrected chi connectivity index (χ2v) is 4.67. The maximum atomic E-state index is 2.45. The molecule has 0 bridgehead atoms. The molecule has 0 amide bonds. The molecule has 1 heterocycles. The van der Waals surface area contributed by atoms with Gasteiger partial charge in [-0.15, -0.1) is 0 Å². The Balaban J connectivity index is 2.39. The van der Waals surface area contributed by atoms with Crippen molar-refractivity contribution in [1.29, 1.82) is 0 Å². The summed E-state index contributed by atoms with van der Waals surface area (Å²) in [5.41, 5.74) is 2.73. The molecule has 11 heavy (non-hydrogen) atoms. The van der Waals surface area contributed by atoms with Crippen LogP contribution in [0.5, 0.6) is 0 Å². The minimum absolute atomic E-state index is 0.701. The quantitative estimate of drug-likeness (QED) is 0.623. The third-order valence-electron chi connectivity index (χ3n) is 1.96. The fraction of sp³-hybridized carbons (Fsp3) is 0.333. The van der Waals surface area contributed by atoms with Crippen LogP contribution in [0.15, 0.2) is 24.3 Å². The van der Waals surface area contributed by atoms with E-state index in [4.69, 9.17) is 0 Å². The first-order chi connectivity index (χ1) is 5.42. The van der Waals surface area contributed by atoms with E-state index < -0.39 is 0 Å². The maximum absolute atomic E-state index is 2.45. The van der Waals surface area contributed by atoms with Crippen LogP contribution >= 0.6 is 0 Å². The van der Waals surface area contributed by atoms with Crippen molar-refractivity contribution in [3.63, 3.8) is 0 Å². The monoisotopic (exact) mass is 213 g/mol. The van der Waals surface area contributed by atoms with Gasteiger partial charge in [-0.2, -0.15) is 0 Å². The van der Waals surface area contributed by atoms with Crippen LogP contribution < -0.4 is 9.36 Å². The van der Waals surface area contributed by atoms with Gasteiger partial charge in [0.2, 0.25) is 0 Å². The van der Waals surface area contributed by atoms with Crippen molar-refractivity contribution in [2.24, 2.45) is 0 Å². The van der Waals surface area contributed by atoms with Gasteiger partial charge in [0.05, 0.1) is 0 Å². The van der Waals surface area contributed by atoms with Crippen LogP contribution in [0.3, 0.4) is 0 Å². The fourth-order valence-electron chi connectivity index (χ4n) is 1.32. The van der Waals surface area contributed by atoms with Gasteiger partial charge in [-0.3, -0.25) is 0 Å². The van der Waals surface area contributed by atoms with E-state index >= 15 is 0 Å². The summed E-state index contributed by atoms with van der Waals surface area (Å²) < 4.78 is 1.57. The molecule has 2 heteroatoms. The first-order valence-corrected chi connectivity index (χ1v) is 5.95. The number of anilines is 1. The zero-order valence-corrected chi connectivity index (χ0v) is 8.29. The first-order valence-electron chi connectivity index (χ1n) is 3.88. The van der Waals surface area contributed by atoms with Crippen molar-refractivity contribution in [3.8, 4) is 0 Å². The average molecular weight is 212 g/mol. The predicted molar refractivity (Wildman–Crippen MR) is 49.7 cm³/mol. The summed E-state index contributed by atoms with van der Waals surface area (Å²) in [6.07, 6.45) is 0. The Kier molecular flexibility index (Phi) is 1.89. The van der Waals surface area contributed by atoms with Crippen molar-refractivity contribution in [1.82, 2.24) is 0 Å². The summed E-state index contributed by atoms with van der Waals surface area (Å²) in [6, 6.07) is 8.75. The number of benzene rings is 1. The molecule has 58 valence electrons. The molecule has 2 rings (SSSR count). The molecule has 0 unspecified atom stereocenters. The van der Waals surface area contributed by atoms with Crippen LogP contribution in [-0.4, -0.2) is 26.9 Å². The van der Waals surface area contributed by atoms with E-state index in [1.807, 2.05) is 0 Å². The Morgan fingerprint density at radius 1 is 1.45 bits per heavy atom. The van der Waals surface area contributed by atoms with Crippen molar-refractivity contribution in [3.05, 3.63) is 24.3 Å². The van der Waals surface area contributed by atoms with Crippen LogP contribution in [0, 0.1) is 0 Å². The molecule has 0 radical (unpaired) electrons. The van der Waals surface area contributed by atoms with Crippen LogP contribution in [0.1, 0.15) is 6.92 Å². The molecule has 1 aliphatic heterocycles. The van der Waals surface area contributed by atoms with Gasteiger partial charge in [-0.25, -0.2) is 0 Å². The van der Waals surface area contributed by atoms with E-state index in [0.717, 1.165) is 6.54 Å². The summed E-state index contributed by atoms with van der Waals surface area (Å²) in [6.45, 7) is 3.37. The van der Waals surface area contributed by atoms with Gasteiger partial charge in [0, 0.05) is 0 Å². The number of hydrogen-bond donors (Lipinski definition) is 0. The Hall–Kier alpha value is -0.461. The number of rotatable bonds is 1. The summed E-state index contributed by atoms with van der Waals surface area (Å²) in [7, 11) is 0. The van der Waals surface area contributed by atoms with Crippen molar-refractivity contribution >= 4 is 25.1 Å². The molecule has 0 fully saturated rings. The molecule has 0 aliphatic carbocycles. The van der Waals surface area contributed by atoms with Gasteiger partial charge in [-0.1, -0.05) is 0 Å². The van der Waals surface area contributed by atoms with Gasteiger partial charge in [0.1, 0.15) is 0 Å². The summed E-state index contributed by atoms with van der Waals surface area (Å²) in [4.78, 5) is 2.45. The molecular weight excluding hydrogens is 201 g/mol. The van der Waals surface area contributed by atoms with Gasteiger partial charge in [-0.05, 0) is 0 Å². The molecule has 1 aromatic rings. The summed E-state index contributed by atoms with van der Waals surface area (Å²) in [5.74, 6) is 0. The van der Waals surface area contributed by atoms with E-state index in [9.17, 15) is 0 Å². The summed E-state index contributed by atoms with van der Waals surface area (Å²) in [5, 5.41) is 0. The van der Waals surface area contributed by atoms with E-state index in [-0.39, 0.29) is 0 Å². The van der Waals surface area contributed by atoms with Crippen LogP contribution in [0.2, 0.25) is 0 Å². The van der Waals surface area contributed by atoms with Crippen molar-refractivity contribution in [2.75, 3.05) is 16.9 Å². The molecule has 0 atom stereocenters.